The number of Topliss-reactive ketones (excluding diaryl/α,β-unsaturated/α-hetero) is 1. The van der Waals surface area contributed by atoms with E-state index in [-0.39, 0.29) is 17.1 Å². The third kappa shape index (κ3) is 3.50. The van der Waals surface area contributed by atoms with E-state index in [0.717, 1.165) is 43.4 Å². The number of benzene rings is 2. The maximum Gasteiger partial charge on any atom is 0.166 e. The van der Waals surface area contributed by atoms with Gasteiger partial charge in [0, 0.05) is 30.1 Å². The normalized spacial score (nSPS) is 27.8. The fourth-order valence-electron chi connectivity index (χ4n) is 5.04. The van der Waals surface area contributed by atoms with Crippen molar-refractivity contribution >= 4 is 5.78 Å². The first-order chi connectivity index (χ1) is 14.2. The molecule has 29 heavy (non-hydrogen) atoms. The number of nitrogens with zero attached hydrogens (tertiary/aromatic N) is 2. The van der Waals surface area contributed by atoms with E-state index in [0.29, 0.717) is 25.3 Å². The van der Waals surface area contributed by atoms with Gasteiger partial charge in [-0.25, -0.2) is 0 Å². The molecule has 2 unspecified atom stereocenters. The van der Waals surface area contributed by atoms with Crippen molar-refractivity contribution in [1.82, 2.24) is 4.90 Å². The number of carbonyl (C=O) groups excluding carboxylic acids is 1. The van der Waals surface area contributed by atoms with E-state index < -0.39 is 0 Å². The molecule has 2 saturated heterocycles. The Hall–Kier alpha value is -2.48. The zero-order valence-electron chi connectivity index (χ0n) is 16.6. The van der Waals surface area contributed by atoms with Crippen LogP contribution in [0.15, 0.2) is 54.6 Å². The highest BCUT2D eigenvalue weighted by molar-refractivity contribution is 5.98. The molecular formula is C25H26N2O2. The summed E-state index contributed by atoms with van der Waals surface area (Å²) in [4.78, 5) is 15.8. The van der Waals surface area contributed by atoms with Crippen LogP contribution in [0.2, 0.25) is 0 Å². The van der Waals surface area contributed by atoms with Crippen LogP contribution < -0.4 is 0 Å². The van der Waals surface area contributed by atoms with Gasteiger partial charge in [-0.2, -0.15) is 5.26 Å². The monoisotopic (exact) mass is 386 g/mol. The van der Waals surface area contributed by atoms with Crippen molar-refractivity contribution in [2.75, 3.05) is 13.2 Å². The molecule has 0 amide bonds. The Bertz CT molecular complexity index is 914. The fourth-order valence-corrected chi connectivity index (χ4v) is 5.04. The summed E-state index contributed by atoms with van der Waals surface area (Å²) < 4.78 is 5.83. The highest BCUT2D eigenvalue weighted by Crippen LogP contribution is 2.47. The molecule has 2 bridgehead atoms. The molecule has 1 aliphatic carbocycles. The molecule has 0 radical (unpaired) electrons. The number of piperidine rings is 1. The Morgan fingerprint density at radius 1 is 1.03 bits per heavy atom. The molecule has 2 aromatic rings. The molecule has 148 valence electrons. The minimum absolute atomic E-state index is 0.0534. The lowest BCUT2D eigenvalue weighted by atomic mass is 9.80. The zero-order valence-corrected chi connectivity index (χ0v) is 16.6. The lowest BCUT2D eigenvalue weighted by Gasteiger charge is -2.48. The van der Waals surface area contributed by atoms with Gasteiger partial charge in [-0.15, -0.1) is 0 Å². The number of rotatable bonds is 5. The number of fused-ring (bicyclic) bond motifs is 2. The maximum atomic E-state index is 13.2. The average molecular weight is 386 g/mol. The minimum atomic E-state index is -0.293. The third-order valence-electron chi connectivity index (χ3n) is 6.94. The fraction of sp³-hybridized carbons (Fsp3) is 0.440. The molecule has 0 N–H and O–H groups in total. The first-order valence-electron chi connectivity index (χ1n) is 10.6. The number of morpholine rings is 1. The van der Waals surface area contributed by atoms with E-state index in [1.165, 1.54) is 5.56 Å². The number of hydrogen-bond acceptors (Lipinski definition) is 4. The average Bonchev–Trinajstić information content (AvgIpc) is 3.55. The van der Waals surface area contributed by atoms with Crippen molar-refractivity contribution < 1.29 is 9.53 Å². The van der Waals surface area contributed by atoms with E-state index in [1.54, 1.807) is 0 Å². The van der Waals surface area contributed by atoms with Crippen LogP contribution in [0.5, 0.6) is 0 Å². The number of ketones is 1. The van der Waals surface area contributed by atoms with Gasteiger partial charge >= 0.3 is 0 Å². The molecule has 3 fully saturated rings. The van der Waals surface area contributed by atoms with E-state index in [9.17, 15) is 10.1 Å². The number of ether oxygens (including phenoxy) is 1. The van der Waals surface area contributed by atoms with E-state index in [2.05, 4.69) is 35.2 Å². The smallest absolute Gasteiger partial charge is 0.166 e. The number of carbonyl (C=O) groups is 1. The summed E-state index contributed by atoms with van der Waals surface area (Å²) in [6.45, 7) is 2.33. The van der Waals surface area contributed by atoms with Crippen LogP contribution in [-0.2, 0) is 16.7 Å². The first-order valence-corrected chi connectivity index (χ1v) is 10.6. The Balaban J connectivity index is 1.29. The molecule has 2 heterocycles. The second kappa shape index (κ2) is 7.40. The summed E-state index contributed by atoms with van der Waals surface area (Å²) in [6.07, 6.45) is 3.57. The Morgan fingerprint density at radius 3 is 2.28 bits per heavy atom. The second-order valence-electron chi connectivity index (χ2n) is 8.81. The molecule has 2 aromatic carbocycles. The Labute approximate surface area is 172 Å². The summed E-state index contributed by atoms with van der Waals surface area (Å²) in [7, 11) is 0. The summed E-state index contributed by atoms with van der Waals surface area (Å²) in [6, 6.07) is 21.4. The lowest BCUT2D eigenvalue weighted by molar-refractivity contribution is -0.0872. The molecule has 1 saturated carbocycles. The van der Waals surface area contributed by atoms with Crippen LogP contribution in [0.25, 0.3) is 0 Å². The summed E-state index contributed by atoms with van der Waals surface area (Å²) >= 11 is 0. The Morgan fingerprint density at radius 2 is 1.69 bits per heavy atom. The summed E-state index contributed by atoms with van der Waals surface area (Å²) in [5.74, 6) is 0.298. The second-order valence-corrected chi connectivity index (χ2v) is 8.81. The van der Waals surface area contributed by atoms with Crippen molar-refractivity contribution in [3.8, 4) is 6.07 Å². The largest absolute Gasteiger partial charge is 0.378 e. The summed E-state index contributed by atoms with van der Waals surface area (Å²) in [5, 5.41) is 9.38. The Kier molecular flexibility index (Phi) is 4.73. The van der Waals surface area contributed by atoms with Crippen molar-refractivity contribution in [1.29, 1.82) is 5.26 Å². The quantitative estimate of drug-likeness (QED) is 0.726. The molecule has 2 aliphatic heterocycles. The van der Waals surface area contributed by atoms with E-state index in [1.807, 2.05) is 30.3 Å². The van der Waals surface area contributed by atoms with Crippen molar-refractivity contribution in [2.24, 2.45) is 5.92 Å². The predicted octanol–water partition coefficient (Wildman–Crippen LogP) is 4.10. The minimum Gasteiger partial charge on any atom is -0.378 e. The number of nitriles is 1. The lowest BCUT2D eigenvalue weighted by Crippen LogP contribution is -2.57. The van der Waals surface area contributed by atoms with Crippen molar-refractivity contribution in [2.45, 2.75) is 49.7 Å². The van der Waals surface area contributed by atoms with Gasteiger partial charge in [-0.1, -0.05) is 54.6 Å². The molecule has 2 atom stereocenters. The highest BCUT2D eigenvalue weighted by atomic mass is 16.5. The van der Waals surface area contributed by atoms with E-state index in [4.69, 9.17) is 4.74 Å². The van der Waals surface area contributed by atoms with Gasteiger partial charge in [0.1, 0.15) is 0 Å². The molecular weight excluding hydrogens is 360 g/mol. The molecule has 4 nitrogen and oxygen atoms in total. The number of hydrogen-bond donors (Lipinski definition) is 0. The molecule has 5 rings (SSSR count). The van der Waals surface area contributed by atoms with Crippen molar-refractivity contribution in [3.05, 3.63) is 71.3 Å². The van der Waals surface area contributed by atoms with Gasteiger partial charge in [0.25, 0.3) is 0 Å². The first kappa shape index (κ1) is 18.5. The SMILES string of the molecule is N#CC1(c2ccc(C(=O)C3CC4COCC(C3)N4Cc3ccccc3)cc2)CC1. The predicted molar refractivity (Wildman–Crippen MR) is 110 cm³/mol. The molecule has 0 spiro atoms. The molecule has 3 aliphatic rings. The maximum absolute atomic E-state index is 13.2. The van der Waals surface area contributed by atoms with Gasteiger partial charge in [-0.05, 0) is 36.8 Å². The van der Waals surface area contributed by atoms with Crippen LogP contribution in [0.4, 0.5) is 0 Å². The van der Waals surface area contributed by atoms with Crippen LogP contribution >= 0.6 is 0 Å². The van der Waals surface area contributed by atoms with Crippen LogP contribution in [0.3, 0.4) is 0 Å². The van der Waals surface area contributed by atoms with Gasteiger partial charge in [0.05, 0.1) is 24.7 Å². The van der Waals surface area contributed by atoms with Gasteiger partial charge in [-0.3, -0.25) is 9.69 Å². The van der Waals surface area contributed by atoms with Gasteiger partial charge < -0.3 is 4.74 Å². The van der Waals surface area contributed by atoms with Gasteiger partial charge in [0.15, 0.2) is 5.78 Å². The van der Waals surface area contributed by atoms with Crippen LogP contribution in [0, 0.1) is 17.2 Å². The highest BCUT2D eigenvalue weighted by Gasteiger charge is 2.45. The summed E-state index contributed by atoms with van der Waals surface area (Å²) in [5.41, 5.74) is 2.86. The zero-order chi connectivity index (χ0) is 19.8. The van der Waals surface area contributed by atoms with Gasteiger partial charge in [0.2, 0.25) is 0 Å². The standard InChI is InChI=1S/C25H26N2O2/c26-17-25(10-11-25)21-8-6-19(7-9-21)24(28)20-12-22-15-29-16-23(13-20)27(22)14-18-4-2-1-3-5-18/h1-9,20,22-23H,10-16H2. The molecule has 0 aromatic heterocycles. The van der Waals surface area contributed by atoms with Crippen LogP contribution in [0.1, 0.15) is 47.2 Å². The third-order valence-corrected chi connectivity index (χ3v) is 6.94. The van der Waals surface area contributed by atoms with Crippen LogP contribution in [-0.4, -0.2) is 36.0 Å². The van der Waals surface area contributed by atoms with Crippen molar-refractivity contribution in [3.63, 3.8) is 0 Å². The topological polar surface area (TPSA) is 53.3 Å². The molecule has 4 heteroatoms. The van der Waals surface area contributed by atoms with E-state index >= 15 is 0 Å².